The molecule has 0 spiro atoms. The normalized spacial score (nSPS) is 12.4. The molecule has 0 saturated heterocycles. The Labute approximate surface area is 127 Å². The van der Waals surface area contributed by atoms with Crippen molar-refractivity contribution in [3.05, 3.63) is 45.9 Å². The molecule has 1 atom stereocenters. The number of nitrogens with zero attached hydrogens (tertiary/aromatic N) is 1. The molecule has 1 heterocycles. The molecule has 0 amide bonds. The predicted molar refractivity (Wildman–Crippen MR) is 84.5 cm³/mol. The summed E-state index contributed by atoms with van der Waals surface area (Å²) in [6.07, 6.45) is 2.06. The number of methoxy groups -OCH3 is 1. The summed E-state index contributed by atoms with van der Waals surface area (Å²) in [5, 5.41) is 4.29. The Bertz CT molecular complexity index is 526. The molecule has 2 aromatic rings. The average Bonchev–Trinajstić information content (AvgIpc) is 2.83. The Morgan fingerprint density at radius 2 is 2.21 bits per heavy atom. The Morgan fingerprint density at radius 1 is 1.37 bits per heavy atom. The highest BCUT2D eigenvalue weighted by molar-refractivity contribution is 9.09. The zero-order valence-corrected chi connectivity index (χ0v) is 13.6. The van der Waals surface area contributed by atoms with E-state index in [0.717, 1.165) is 28.9 Å². The second kappa shape index (κ2) is 7.06. The summed E-state index contributed by atoms with van der Waals surface area (Å²) in [6, 6.07) is 8.30. The highest BCUT2D eigenvalue weighted by Crippen LogP contribution is 2.21. The van der Waals surface area contributed by atoms with Crippen LogP contribution in [0, 0.1) is 12.8 Å². The number of rotatable bonds is 6. The molecule has 1 aromatic heterocycles. The van der Waals surface area contributed by atoms with E-state index in [9.17, 15) is 0 Å². The van der Waals surface area contributed by atoms with Crippen LogP contribution in [0.25, 0.3) is 0 Å². The fourth-order valence-electron chi connectivity index (χ4n) is 2.11. The first-order valence-electron chi connectivity index (χ1n) is 6.31. The lowest BCUT2D eigenvalue weighted by Crippen LogP contribution is -2.10. The van der Waals surface area contributed by atoms with Crippen LogP contribution in [-0.4, -0.2) is 17.4 Å². The van der Waals surface area contributed by atoms with Crippen molar-refractivity contribution >= 4 is 27.3 Å². The summed E-state index contributed by atoms with van der Waals surface area (Å²) < 4.78 is 5.27. The SMILES string of the molecule is COc1cccc(CC(CBr)Cc2csc(C)n2)c1. The van der Waals surface area contributed by atoms with Gasteiger partial charge in [0.1, 0.15) is 5.75 Å². The van der Waals surface area contributed by atoms with Crippen LogP contribution in [0.15, 0.2) is 29.6 Å². The Kier molecular flexibility index (Phi) is 5.40. The minimum Gasteiger partial charge on any atom is -0.497 e. The average molecular weight is 340 g/mol. The van der Waals surface area contributed by atoms with Crippen LogP contribution in [0.4, 0.5) is 0 Å². The van der Waals surface area contributed by atoms with E-state index in [1.165, 1.54) is 11.3 Å². The van der Waals surface area contributed by atoms with E-state index in [1.807, 2.05) is 12.1 Å². The molecule has 0 N–H and O–H groups in total. The quantitative estimate of drug-likeness (QED) is 0.733. The van der Waals surface area contributed by atoms with Crippen molar-refractivity contribution in [3.8, 4) is 5.75 Å². The lowest BCUT2D eigenvalue weighted by molar-refractivity contribution is 0.414. The molecule has 2 rings (SSSR count). The molecule has 4 heteroatoms. The van der Waals surface area contributed by atoms with E-state index < -0.39 is 0 Å². The summed E-state index contributed by atoms with van der Waals surface area (Å²) in [6.45, 7) is 2.05. The van der Waals surface area contributed by atoms with Gasteiger partial charge in [-0.25, -0.2) is 4.98 Å². The largest absolute Gasteiger partial charge is 0.497 e. The van der Waals surface area contributed by atoms with Gasteiger partial charge >= 0.3 is 0 Å². The fourth-order valence-corrected chi connectivity index (χ4v) is 3.20. The molecule has 0 aliphatic heterocycles. The number of benzene rings is 1. The van der Waals surface area contributed by atoms with Crippen LogP contribution in [0.3, 0.4) is 0 Å². The summed E-state index contributed by atoms with van der Waals surface area (Å²) >= 11 is 5.34. The Hall–Kier alpha value is -0.870. The molecule has 2 nitrogen and oxygen atoms in total. The van der Waals surface area contributed by atoms with Crippen LogP contribution < -0.4 is 4.74 Å². The van der Waals surface area contributed by atoms with Gasteiger partial charge < -0.3 is 4.74 Å². The zero-order valence-electron chi connectivity index (χ0n) is 11.2. The first kappa shape index (κ1) is 14.5. The molecule has 0 fully saturated rings. The molecular formula is C15H18BrNOS. The van der Waals surface area contributed by atoms with Crippen molar-refractivity contribution in [2.24, 2.45) is 5.92 Å². The van der Waals surface area contributed by atoms with Gasteiger partial charge in [0.05, 0.1) is 17.8 Å². The third-order valence-corrected chi connectivity index (χ3v) is 4.78. The van der Waals surface area contributed by atoms with Crippen molar-refractivity contribution in [1.29, 1.82) is 0 Å². The zero-order chi connectivity index (χ0) is 13.7. The van der Waals surface area contributed by atoms with E-state index in [4.69, 9.17) is 4.74 Å². The van der Waals surface area contributed by atoms with E-state index in [1.54, 1.807) is 18.4 Å². The van der Waals surface area contributed by atoms with Gasteiger partial charge in [-0.1, -0.05) is 28.1 Å². The van der Waals surface area contributed by atoms with Crippen molar-refractivity contribution < 1.29 is 4.74 Å². The highest BCUT2D eigenvalue weighted by Gasteiger charge is 2.12. The Balaban J connectivity index is 2.01. The third kappa shape index (κ3) is 4.32. The van der Waals surface area contributed by atoms with E-state index in [2.05, 4.69) is 45.4 Å². The van der Waals surface area contributed by atoms with Crippen molar-refractivity contribution in [2.45, 2.75) is 19.8 Å². The number of thiazole rings is 1. The van der Waals surface area contributed by atoms with E-state index >= 15 is 0 Å². The second-order valence-electron chi connectivity index (χ2n) is 4.64. The van der Waals surface area contributed by atoms with Crippen molar-refractivity contribution in [2.75, 3.05) is 12.4 Å². The molecule has 102 valence electrons. The van der Waals surface area contributed by atoms with Gasteiger partial charge in [0.15, 0.2) is 0 Å². The smallest absolute Gasteiger partial charge is 0.119 e. The van der Waals surface area contributed by atoms with Gasteiger partial charge in [-0.05, 0) is 43.4 Å². The number of ether oxygens (including phenoxy) is 1. The standard InChI is InChI=1S/C15H18BrNOS/c1-11-17-14(10-19-11)7-13(9-16)6-12-4-3-5-15(8-12)18-2/h3-5,8,10,13H,6-7,9H2,1-2H3. The molecule has 0 aliphatic rings. The van der Waals surface area contributed by atoms with Crippen LogP contribution in [0.2, 0.25) is 0 Å². The van der Waals surface area contributed by atoms with E-state index in [-0.39, 0.29) is 0 Å². The van der Waals surface area contributed by atoms with Crippen LogP contribution in [0.1, 0.15) is 16.3 Å². The number of hydrogen-bond donors (Lipinski definition) is 0. The van der Waals surface area contributed by atoms with Crippen molar-refractivity contribution in [1.82, 2.24) is 4.98 Å². The molecular weight excluding hydrogens is 322 g/mol. The molecule has 1 aromatic carbocycles. The summed E-state index contributed by atoms with van der Waals surface area (Å²) in [4.78, 5) is 4.55. The van der Waals surface area contributed by atoms with Gasteiger partial charge in [0, 0.05) is 10.7 Å². The maximum atomic E-state index is 5.27. The van der Waals surface area contributed by atoms with Crippen molar-refractivity contribution in [3.63, 3.8) is 0 Å². The topological polar surface area (TPSA) is 22.1 Å². The lowest BCUT2D eigenvalue weighted by atomic mass is 9.97. The van der Waals surface area contributed by atoms with Gasteiger partial charge in [0.25, 0.3) is 0 Å². The molecule has 19 heavy (non-hydrogen) atoms. The minimum atomic E-state index is 0.564. The molecule has 0 bridgehead atoms. The first-order chi connectivity index (χ1) is 9.21. The second-order valence-corrected chi connectivity index (χ2v) is 6.35. The minimum absolute atomic E-state index is 0.564. The summed E-state index contributed by atoms with van der Waals surface area (Å²) in [7, 11) is 1.71. The molecule has 0 saturated carbocycles. The van der Waals surface area contributed by atoms with Crippen LogP contribution in [0.5, 0.6) is 5.75 Å². The molecule has 1 unspecified atom stereocenters. The first-order valence-corrected chi connectivity index (χ1v) is 8.31. The number of halogens is 1. The monoisotopic (exact) mass is 339 g/mol. The molecule has 0 radical (unpaired) electrons. The lowest BCUT2D eigenvalue weighted by Gasteiger charge is -2.13. The maximum absolute atomic E-state index is 5.27. The van der Waals surface area contributed by atoms with Gasteiger partial charge in [-0.3, -0.25) is 0 Å². The van der Waals surface area contributed by atoms with E-state index in [0.29, 0.717) is 5.92 Å². The fraction of sp³-hybridized carbons (Fsp3) is 0.400. The molecule has 0 aliphatic carbocycles. The number of aromatic nitrogens is 1. The third-order valence-electron chi connectivity index (χ3n) is 3.04. The number of alkyl halides is 1. The highest BCUT2D eigenvalue weighted by atomic mass is 79.9. The Morgan fingerprint density at radius 3 is 2.84 bits per heavy atom. The number of hydrogen-bond acceptors (Lipinski definition) is 3. The van der Waals surface area contributed by atoms with Crippen LogP contribution in [-0.2, 0) is 12.8 Å². The summed E-state index contributed by atoms with van der Waals surface area (Å²) in [5.41, 5.74) is 2.52. The predicted octanol–water partition coefficient (Wildman–Crippen LogP) is 4.26. The van der Waals surface area contributed by atoms with Gasteiger partial charge in [-0.15, -0.1) is 11.3 Å². The van der Waals surface area contributed by atoms with Gasteiger partial charge in [-0.2, -0.15) is 0 Å². The maximum Gasteiger partial charge on any atom is 0.119 e. The summed E-state index contributed by atoms with van der Waals surface area (Å²) in [5.74, 6) is 1.49. The van der Waals surface area contributed by atoms with Gasteiger partial charge in [0.2, 0.25) is 0 Å². The number of aryl methyl sites for hydroxylation is 1. The van der Waals surface area contributed by atoms with Crippen LogP contribution >= 0.6 is 27.3 Å².